The van der Waals surface area contributed by atoms with Gasteiger partial charge in [-0.15, -0.1) is 0 Å². The molecule has 0 saturated heterocycles. The Morgan fingerprint density at radius 2 is 2.27 bits per heavy atom. The Kier molecular flexibility index (Phi) is 2.12. The summed E-state index contributed by atoms with van der Waals surface area (Å²) in [5.41, 5.74) is 1.15. The number of fused-ring (bicyclic) bond motifs is 1. The van der Waals surface area contributed by atoms with Crippen LogP contribution in [0.25, 0.3) is 0 Å². The van der Waals surface area contributed by atoms with Crippen molar-refractivity contribution < 1.29 is 14.6 Å². The maximum atomic E-state index is 11.4. The molecule has 78 valence electrons. The molecule has 1 heterocycles. The fourth-order valence-electron chi connectivity index (χ4n) is 1.57. The molecule has 0 spiro atoms. The van der Waals surface area contributed by atoms with Crippen LogP contribution in [-0.2, 0) is 16.1 Å². The highest BCUT2D eigenvalue weighted by molar-refractivity contribution is 6.00. The van der Waals surface area contributed by atoms with E-state index in [1.165, 1.54) is 19.2 Å². The number of rotatable bonds is 2. The van der Waals surface area contributed by atoms with E-state index in [9.17, 15) is 14.9 Å². The molecule has 0 atom stereocenters. The van der Waals surface area contributed by atoms with Crippen molar-refractivity contribution in [1.29, 1.82) is 0 Å². The fraction of sp³-hybridized carbons (Fsp3) is 0.222. The Labute approximate surface area is 85.2 Å². The number of nitro groups is 1. The molecule has 0 N–H and O–H groups in total. The van der Waals surface area contributed by atoms with Crippen LogP contribution in [0, 0.1) is 10.1 Å². The second-order valence-corrected chi connectivity index (χ2v) is 3.12. The molecule has 0 aliphatic carbocycles. The van der Waals surface area contributed by atoms with Crippen molar-refractivity contribution in [2.45, 2.75) is 6.42 Å². The zero-order valence-electron chi connectivity index (χ0n) is 7.97. The highest BCUT2D eigenvalue weighted by Crippen LogP contribution is 2.32. The Morgan fingerprint density at radius 1 is 1.53 bits per heavy atom. The van der Waals surface area contributed by atoms with Crippen LogP contribution in [0.4, 0.5) is 11.4 Å². The molecule has 0 aromatic heterocycles. The minimum absolute atomic E-state index is 0.0505. The van der Waals surface area contributed by atoms with Gasteiger partial charge in [0.1, 0.15) is 0 Å². The van der Waals surface area contributed by atoms with Crippen molar-refractivity contribution in [2.24, 2.45) is 0 Å². The summed E-state index contributed by atoms with van der Waals surface area (Å²) >= 11 is 0. The number of benzene rings is 1. The molecule has 2 rings (SSSR count). The van der Waals surface area contributed by atoms with E-state index in [2.05, 4.69) is 0 Å². The van der Waals surface area contributed by atoms with E-state index >= 15 is 0 Å². The van der Waals surface area contributed by atoms with Crippen LogP contribution in [-0.4, -0.2) is 17.9 Å². The number of hydrogen-bond acceptors (Lipinski definition) is 4. The van der Waals surface area contributed by atoms with E-state index < -0.39 is 4.92 Å². The van der Waals surface area contributed by atoms with Gasteiger partial charge in [0.2, 0.25) is 0 Å². The number of hydrogen-bond donors (Lipinski definition) is 0. The molecule has 15 heavy (non-hydrogen) atoms. The molecule has 1 aliphatic rings. The number of nitro benzene ring substituents is 1. The first-order valence-electron chi connectivity index (χ1n) is 4.28. The standard InChI is InChI=1S/C9H8N2O4/c1-15-10-8-5-7(11(13)14)3-2-6(8)4-9(10)12/h2-3,5H,4H2,1H3. The van der Waals surface area contributed by atoms with E-state index in [1.807, 2.05) is 0 Å². The molecule has 0 unspecified atom stereocenters. The number of nitrogens with zero attached hydrogens (tertiary/aromatic N) is 2. The summed E-state index contributed by atoms with van der Waals surface area (Å²) in [5, 5.41) is 11.6. The third kappa shape index (κ3) is 1.44. The van der Waals surface area contributed by atoms with Gasteiger partial charge >= 0.3 is 0 Å². The summed E-state index contributed by atoms with van der Waals surface area (Å²) in [5.74, 6) is -0.215. The monoisotopic (exact) mass is 208 g/mol. The van der Waals surface area contributed by atoms with Crippen LogP contribution in [0.2, 0.25) is 0 Å². The normalized spacial score (nSPS) is 14.2. The molecule has 1 aromatic carbocycles. The molecule has 6 nitrogen and oxygen atoms in total. The molecule has 6 heteroatoms. The summed E-state index contributed by atoms with van der Waals surface area (Å²) in [7, 11) is 1.35. The topological polar surface area (TPSA) is 72.7 Å². The summed E-state index contributed by atoms with van der Waals surface area (Å²) in [6.45, 7) is 0. The van der Waals surface area contributed by atoms with Gasteiger partial charge in [-0.1, -0.05) is 0 Å². The van der Waals surface area contributed by atoms with Crippen molar-refractivity contribution in [1.82, 2.24) is 0 Å². The first-order chi connectivity index (χ1) is 7.13. The third-order valence-electron chi connectivity index (χ3n) is 2.25. The molecule has 1 amide bonds. The second kappa shape index (κ2) is 3.32. The molecule has 0 bridgehead atoms. The first kappa shape index (κ1) is 9.60. The van der Waals surface area contributed by atoms with Crippen LogP contribution < -0.4 is 5.06 Å². The number of hydroxylamine groups is 1. The Morgan fingerprint density at radius 3 is 2.87 bits per heavy atom. The van der Waals surface area contributed by atoms with Gasteiger partial charge in [-0.25, -0.2) is 0 Å². The first-order valence-corrected chi connectivity index (χ1v) is 4.28. The minimum Gasteiger partial charge on any atom is -0.272 e. The van der Waals surface area contributed by atoms with Gasteiger partial charge in [-0.05, 0) is 11.6 Å². The average Bonchev–Trinajstić information content (AvgIpc) is 2.51. The minimum atomic E-state index is -0.503. The lowest BCUT2D eigenvalue weighted by molar-refractivity contribution is -0.384. The second-order valence-electron chi connectivity index (χ2n) is 3.12. The highest BCUT2D eigenvalue weighted by Gasteiger charge is 2.29. The molecule has 0 radical (unpaired) electrons. The van der Waals surface area contributed by atoms with Gasteiger partial charge in [-0.3, -0.25) is 19.7 Å². The van der Waals surface area contributed by atoms with Crippen molar-refractivity contribution in [2.75, 3.05) is 12.2 Å². The van der Waals surface area contributed by atoms with E-state index in [0.717, 1.165) is 10.6 Å². The van der Waals surface area contributed by atoms with Gasteiger partial charge in [0.25, 0.3) is 11.6 Å². The molecule has 0 fully saturated rings. The summed E-state index contributed by atoms with van der Waals surface area (Å²) < 4.78 is 0. The average molecular weight is 208 g/mol. The summed E-state index contributed by atoms with van der Waals surface area (Å²) in [6.07, 6.45) is 0.223. The molecular formula is C9H8N2O4. The maximum Gasteiger partial charge on any atom is 0.271 e. The largest absolute Gasteiger partial charge is 0.272 e. The fourth-order valence-corrected chi connectivity index (χ4v) is 1.57. The van der Waals surface area contributed by atoms with Crippen molar-refractivity contribution in [3.63, 3.8) is 0 Å². The van der Waals surface area contributed by atoms with E-state index in [4.69, 9.17) is 4.84 Å². The van der Waals surface area contributed by atoms with E-state index in [-0.39, 0.29) is 18.0 Å². The quantitative estimate of drug-likeness (QED) is 0.537. The van der Waals surface area contributed by atoms with E-state index in [0.29, 0.717) is 5.69 Å². The molecule has 1 aliphatic heterocycles. The van der Waals surface area contributed by atoms with Gasteiger partial charge in [0.05, 0.1) is 24.1 Å². The zero-order chi connectivity index (χ0) is 11.0. The smallest absolute Gasteiger partial charge is 0.271 e. The van der Waals surface area contributed by atoms with E-state index in [1.54, 1.807) is 6.07 Å². The van der Waals surface area contributed by atoms with Gasteiger partial charge in [0, 0.05) is 12.1 Å². The Bertz CT molecular complexity index is 444. The number of carbonyl (C=O) groups excluding carboxylic acids is 1. The lowest BCUT2D eigenvalue weighted by atomic mass is 10.1. The van der Waals surface area contributed by atoms with Gasteiger partial charge in [0.15, 0.2) is 0 Å². The van der Waals surface area contributed by atoms with Gasteiger partial charge < -0.3 is 0 Å². The van der Waals surface area contributed by atoms with Crippen molar-refractivity contribution >= 4 is 17.3 Å². The predicted molar refractivity (Wildman–Crippen MR) is 51.3 cm³/mol. The number of amides is 1. The lowest BCUT2D eigenvalue weighted by Gasteiger charge is -2.12. The number of carbonyl (C=O) groups is 1. The lowest BCUT2D eigenvalue weighted by Crippen LogP contribution is -2.24. The van der Waals surface area contributed by atoms with Crippen LogP contribution in [0.5, 0.6) is 0 Å². The highest BCUT2D eigenvalue weighted by atomic mass is 16.7. The summed E-state index contributed by atoms with van der Waals surface area (Å²) in [6, 6.07) is 4.29. The summed E-state index contributed by atoms with van der Waals surface area (Å²) in [4.78, 5) is 26.3. The molecule has 0 saturated carbocycles. The van der Waals surface area contributed by atoms with Crippen molar-refractivity contribution in [3.8, 4) is 0 Å². The van der Waals surface area contributed by atoms with Crippen LogP contribution in [0.15, 0.2) is 18.2 Å². The van der Waals surface area contributed by atoms with Crippen molar-refractivity contribution in [3.05, 3.63) is 33.9 Å². The Balaban J connectivity index is 2.49. The Hall–Kier alpha value is -1.95. The van der Waals surface area contributed by atoms with Crippen LogP contribution in [0.3, 0.4) is 0 Å². The third-order valence-corrected chi connectivity index (χ3v) is 2.25. The SMILES string of the molecule is CON1C(=O)Cc2ccc([N+](=O)[O-])cc21. The number of non-ortho nitro benzene ring substituents is 1. The van der Waals surface area contributed by atoms with Gasteiger partial charge in [-0.2, -0.15) is 5.06 Å². The molecule has 1 aromatic rings. The van der Waals surface area contributed by atoms with Crippen LogP contribution in [0.1, 0.15) is 5.56 Å². The number of anilines is 1. The van der Waals surface area contributed by atoms with Crippen LogP contribution >= 0.6 is 0 Å². The molecular weight excluding hydrogens is 200 g/mol. The zero-order valence-corrected chi connectivity index (χ0v) is 7.97. The predicted octanol–water partition coefficient (Wildman–Crippen LogP) is 1.05. The maximum absolute atomic E-state index is 11.4.